The van der Waals surface area contributed by atoms with Gasteiger partial charge in [-0.15, -0.1) is 0 Å². The van der Waals surface area contributed by atoms with E-state index >= 15 is 0 Å². The van der Waals surface area contributed by atoms with Crippen molar-refractivity contribution in [2.24, 2.45) is 5.73 Å². The highest BCUT2D eigenvalue weighted by molar-refractivity contribution is 9.10. The maximum absolute atomic E-state index is 6.48. The van der Waals surface area contributed by atoms with E-state index in [9.17, 15) is 0 Å². The molecule has 2 aromatic carbocycles. The summed E-state index contributed by atoms with van der Waals surface area (Å²) in [6.45, 7) is 0.697. The highest BCUT2D eigenvalue weighted by Crippen LogP contribution is 2.40. The number of hydrogen-bond acceptors (Lipinski definition) is 2. The van der Waals surface area contributed by atoms with Crippen molar-refractivity contribution >= 4 is 54.4 Å². The number of aromatic amines is 1. The lowest BCUT2D eigenvalue weighted by atomic mass is 10.00. The molecule has 0 aliphatic heterocycles. The van der Waals surface area contributed by atoms with Gasteiger partial charge < -0.3 is 15.5 Å². The topological polar surface area (TPSA) is 51.0 Å². The van der Waals surface area contributed by atoms with Gasteiger partial charge >= 0.3 is 0 Å². The standard InChI is InChI=1S/C19H19Br2ClN2O/c1-25-17-6-5-11(20)8-15(17)18-13(4-2-3-7-23)14-9-12(21)10-16(22)19(14)24-18/h5-6,8-10,24H,2-4,7,23H2,1H3. The molecule has 0 aliphatic rings. The third-order valence-corrected chi connectivity index (χ3v) is 5.49. The van der Waals surface area contributed by atoms with Crippen LogP contribution >= 0.6 is 43.5 Å². The zero-order chi connectivity index (χ0) is 18.0. The summed E-state index contributed by atoms with van der Waals surface area (Å²) in [5.41, 5.74) is 9.93. The summed E-state index contributed by atoms with van der Waals surface area (Å²) in [7, 11) is 1.69. The molecule has 6 heteroatoms. The summed E-state index contributed by atoms with van der Waals surface area (Å²) < 4.78 is 7.55. The lowest BCUT2D eigenvalue weighted by Crippen LogP contribution is -1.99. The van der Waals surface area contributed by atoms with Gasteiger partial charge in [0.05, 0.1) is 23.3 Å². The third kappa shape index (κ3) is 3.90. The van der Waals surface area contributed by atoms with Crippen LogP contribution < -0.4 is 10.5 Å². The van der Waals surface area contributed by atoms with E-state index in [2.05, 4.69) is 49.0 Å². The van der Waals surface area contributed by atoms with E-state index in [1.54, 1.807) is 7.11 Å². The fourth-order valence-electron chi connectivity index (χ4n) is 3.09. The van der Waals surface area contributed by atoms with Gasteiger partial charge in [-0.3, -0.25) is 0 Å². The molecule has 0 spiro atoms. The van der Waals surface area contributed by atoms with Crippen molar-refractivity contribution in [2.75, 3.05) is 13.7 Å². The molecule has 0 fully saturated rings. The highest BCUT2D eigenvalue weighted by Gasteiger charge is 2.18. The first kappa shape index (κ1) is 18.8. The largest absolute Gasteiger partial charge is 0.496 e. The molecule has 0 bridgehead atoms. The molecule has 0 radical (unpaired) electrons. The summed E-state index contributed by atoms with van der Waals surface area (Å²) in [4.78, 5) is 3.52. The molecular formula is C19H19Br2ClN2O. The van der Waals surface area contributed by atoms with Gasteiger partial charge in [-0.1, -0.05) is 43.5 Å². The predicted octanol–water partition coefficient (Wildman–Crippen LogP) is 6.30. The first-order chi connectivity index (χ1) is 12.0. The SMILES string of the molecule is COc1ccc(Br)cc1-c1[nH]c2c(Cl)cc(Br)cc2c1CCCCN. The number of nitrogens with two attached hydrogens (primary N) is 1. The number of unbranched alkanes of at least 4 members (excludes halogenated alkanes) is 1. The molecule has 0 aliphatic carbocycles. The van der Waals surface area contributed by atoms with Crippen molar-refractivity contribution < 1.29 is 4.74 Å². The van der Waals surface area contributed by atoms with Crippen LogP contribution in [0.25, 0.3) is 22.2 Å². The quantitative estimate of drug-likeness (QED) is 0.402. The summed E-state index contributed by atoms with van der Waals surface area (Å²) in [6, 6.07) is 10.0. The van der Waals surface area contributed by atoms with Crippen molar-refractivity contribution in [3.8, 4) is 17.0 Å². The summed E-state index contributed by atoms with van der Waals surface area (Å²) in [5, 5.41) is 1.83. The normalized spacial score (nSPS) is 11.2. The molecule has 1 aromatic heterocycles. The Morgan fingerprint density at radius 1 is 1.12 bits per heavy atom. The lowest BCUT2D eigenvalue weighted by Gasteiger charge is -2.10. The Bertz CT molecular complexity index is 908. The van der Waals surface area contributed by atoms with Crippen molar-refractivity contribution in [3.63, 3.8) is 0 Å². The average molecular weight is 487 g/mol. The van der Waals surface area contributed by atoms with Crippen LogP contribution in [0.5, 0.6) is 5.75 Å². The Kier molecular flexibility index (Phi) is 6.10. The molecule has 3 rings (SSSR count). The molecule has 0 saturated carbocycles. The minimum atomic E-state index is 0.697. The summed E-state index contributed by atoms with van der Waals surface area (Å²) >= 11 is 13.6. The van der Waals surface area contributed by atoms with Crippen LogP contribution in [0, 0.1) is 0 Å². The van der Waals surface area contributed by atoms with Gasteiger partial charge in [0.1, 0.15) is 5.75 Å². The van der Waals surface area contributed by atoms with E-state index in [1.165, 1.54) is 5.56 Å². The second kappa shape index (κ2) is 8.12. The molecule has 0 atom stereocenters. The van der Waals surface area contributed by atoms with Crippen LogP contribution in [0.3, 0.4) is 0 Å². The number of fused-ring (bicyclic) bond motifs is 1. The van der Waals surface area contributed by atoms with Crippen LogP contribution in [0.4, 0.5) is 0 Å². The van der Waals surface area contributed by atoms with Gasteiger partial charge in [-0.05, 0) is 61.7 Å². The Hall–Kier alpha value is -1.01. The average Bonchev–Trinajstić information content (AvgIpc) is 2.94. The number of benzene rings is 2. The van der Waals surface area contributed by atoms with Crippen molar-refractivity contribution in [1.82, 2.24) is 4.98 Å². The van der Waals surface area contributed by atoms with E-state index in [4.69, 9.17) is 22.1 Å². The summed E-state index contributed by atoms with van der Waals surface area (Å²) in [6.07, 6.45) is 2.94. The van der Waals surface area contributed by atoms with E-state index in [-0.39, 0.29) is 0 Å². The number of aryl methyl sites for hydroxylation is 1. The maximum atomic E-state index is 6.48. The van der Waals surface area contributed by atoms with Crippen LogP contribution in [0.2, 0.25) is 5.02 Å². The van der Waals surface area contributed by atoms with Crippen LogP contribution in [0.1, 0.15) is 18.4 Å². The molecule has 0 amide bonds. The van der Waals surface area contributed by atoms with Crippen molar-refractivity contribution in [1.29, 1.82) is 0 Å². The number of halogens is 3. The van der Waals surface area contributed by atoms with Crippen LogP contribution in [-0.2, 0) is 6.42 Å². The minimum Gasteiger partial charge on any atom is -0.496 e. The number of methoxy groups -OCH3 is 1. The molecule has 3 N–H and O–H groups in total. The fraction of sp³-hybridized carbons (Fsp3) is 0.263. The molecule has 1 heterocycles. The molecule has 132 valence electrons. The first-order valence-electron chi connectivity index (χ1n) is 8.08. The zero-order valence-electron chi connectivity index (χ0n) is 13.8. The Balaban J connectivity index is 2.25. The third-order valence-electron chi connectivity index (χ3n) is 4.24. The van der Waals surface area contributed by atoms with Crippen molar-refractivity contribution in [3.05, 3.63) is 49.9 Å². The highest BCUT2D eigenvalue weighted by atomic mass is 79.9. The predicted molar refractivity (Wildman–Crippen MR) is 113 cm³/mol. The minimum absolute atomic E-state index is 0.697. The van der Waals surface area contributed by atoms with Crippen molar-refractivity contribution in [2.45, 2.75) is 19.3 Å². The fourth-order valence-corrected chi connectivity index (χ4v) is 4.30. The molecule has 0 unspecified atom stereocenters. The van der Waals surface area contributed by atoms with Gasteiger partial charge in [0.25, 0.3) is 0 Å². The molecular weight excluding hydrogens is 467 g/mol. The van der Waals surface area contributed by atoms with Gasteiger partial charge in [0, 0.05) is 19.9 Å². The number of H-pyrrole nitrogens is 1. The number of nitrogens with one attached hydrogen (secondary N) is 1. The maximum Gasteiger partial charge on any atom is 0.128 e. The molecule has 0 saturated heterocycles. The summed E-state index contributed by atoms with van der Waals surface area (Å²) in [5.74, 6) is 0.824. The Morgan fingerprint density at radius 3 is 2.64 bits per heavy atom. The first-order valence-corrected chi connectivity index (χ1v) is 10.0. The second-order valence-corrected chi connectivity index (χ2v) is 8.12. The number of rotatable bonds is 6. The van der Waals surface area contributed by atoms with E-state index in [0.29, 0.717) is 11.6 Å². The van der Waals surface area contributed by atoms with Gasteiger partial charge in [0.2, 0.25) is 0 Å². The Labute approximate surface area is 169 Å². The number of aromatic nitrogens is 1. The number of ether oxygens (including phenoxy) is 1. The van der Waals surface area contributed by atoms with E-state index < -0.39 is 0 Å². The molecule has 3 aromatic rings. The van der Waals surface area contributed by atoms with Gasteiger partial charge in [-0.2, -0.15) is 0 Å². The Morgan fingerprint density at radius 2 is 1.92 bits per heavy atom. The number of hydrogen-bond donors (Lipinski definition) is 2. The second-order valence-electron chi connectivity index (χ2n) is 5.88. The van der Waals surface area contributed by atoms with Gasteiger partial charge in [-0.25, -0.2) is 0 Å². The monoisotopic (exact) mass is 484 g/mol. The molecule has 3 nitrogen and oxygen atoms in total. The van der Waals surface area contributed by atoms with E-state index in [1.807, 2.05) is 18.2 Å². The zero-order valence-corrected chi connectivity index (χ0v) is 17.8. The lowest BCUT2D eigenvalue weighted by molar-refractivity contribution is 0.416. The van der Waals surface area contributed by atoms with Crippen LogP contribution in [0.15, 0.2) is 39.3 Å². The van der Waals surface area contributed by atoms with E-state index in [0.717, 1.165) is 56.1 Å². The van der Waals surface area contributed by atoms with Gasteiger partial charge in [0.15, 0.2) is 0 Å². The van der Waals surface area contributed by atoms with Crippen LogP contribution in [-0.4, -0.2) is 18.6 Å². The molecule has 25 heavy (non-hydrogen) atoms. The smallest absolute Gasteiger partial charge is 0.128 e.